The van der Waals surface area contributed by atoms with E-state index in [0.29, 0.717) is 35.0 Å². The summed E-state index contributed by atoms with van der Waals surface area (Å²) in [5.41, 5.74) is 3.57. The third-order valence-corrected chi connectivity index (χ3v) is 10.9. The standard InChI is InChI=1S/C33H43ClN8O3Si/c1-33(2,3)45-32(43)37-20-14-21-8-9-22(15-20)42(21)27-17-36-30-24(18-41(31(30)38-27)19-44-12-13-46(5,6)7)23-10-11-25-28(29(23)34)26(16-35)40(4)39-25/h10-11,17-18,20-22H,8-9,12-15,19H2,1-7H3,(H,37,43)/t20-,21+,22-. The lowest BCUT2D eigenvalue weighted by Gasteiger charge is -2.39. The maximum absolute atomic E-state index is 12.5. The van der Waals surface area contributed by atoms with Gasteiger partial charge in [-0.15, -0.1) is 0 Å². The van der Waals surface area contributed by atoms with Crippen LogP contribution < -0.4 is 10.2 Å². The van der Waals surface area contributed by atoms with Crippen LogP contribution in [0.3, 0.4) is 0 Å². The molecule has 46 heavy (non-hydrogen) atoms. The lowest BCUT2D eigenvalue weighted by atomic mass is 9.97. The number of alkyl carbamates (subject to hydrolysis) is 1. The fourth-order valence-corrected chi connectivity index (χ4v) is 7.84. The summed E-state index contributed by atoms with van der Waals surface area (Å²) in [5, 5.41) is 18.5. The monoisotopic (exact) mass is 662 g/mol. The Hall–Kier alpha value is -3.66. The summed E-state index contributed by atoms with van der Waals surface area (Å²) in [4.78, 5) is 25.1. The molecule has 244 valence electrons. The first-order valence-corrected chi connectivity index (χ1v) is 20.1. The maximum Gasteiger partial charge on any atom is 0.407 e. The number of aromatic nitrogens is 5. The van der Waals surface area contributed by atoms with Crippen LogP contribution in [0.5, 0.6) is 0 Å². The molecule has 2 bridgehead atoms. The Labute approximate surface area is 275 Å². The molecule has 2 fully saturated rings. The number of carbonyl (C=O) groups excluding carboxylic acids is 1. The van der Waals surface area contributed by atoms with Gasteiger partial charge in [0.15, 0.2) is 5.65 Å². The van der Waals surface area contributed by atoms with Crippen LogP contribution in [-0.4, -0.2) is 68.8 Å². The Bertz CT molecular complexity index is 1820. The summed E-state index contributed by atoms with van der Waals surface area (Å²) >= 11 is 7.01. The molecule has 5 heterocycles. The van der Waals surface area contributed by atoms with Crippen molar-refractivity contribution in [2.45, 2.75) is 103 Å². The number of rotatable bonds is 8. The number of hydrogen-bond donors (Lipinski definition) is 1. The fourth-order valence-electron chi connectivity index (χ4n) is 6.73. The topological polar surface area (TPSA) is 123 Å². The number of ether oxygens (including phenoxy) is 2. The summed E-state index contributed by atoms with van der Waals surface area (Å²) in [6.07, 6.45) is 7.20. The highest BCUT2D eigenvalue weighted by atomic mass is 35.5. The van der Waals surface area contributed by atoms with Gasteiger partial charge in [-0.3, -0.25) is 4.68 Å². The van der Waals surface area contributed by atoms with Crippen molar-refractivity contribution in [3.63, 3.8) is 0 Å². The average Bonchev–Trinajstić information content (AvgIpc) is 3.57. The van der Waals surface area contributed by atoms with Crippen LogP contribution in [0.1, 0.15) is 52.1 Å². The third-order valence-electron chi connectivity index (χ3n) is 8.83. The van der Waals surface area contributed by atoms with Gasteiger partial charge in [-0.25, -0.2) is 14.8 Å². The molecule has 2 aliphatic rings. The van der Waals surface area contributed by atoms with E-state index in [-0.39, 0.29) is 24.2 Å². The van der Waals surface area contributed by atoms with Crippen LogP contribution >= 0.6 is 11.6 Å². The molecule has 6 rings (SSSR count). The number of nitriles is 1. The summed E-state index contributed by atoms with van der Waals surface area (Å²) in [6, 6.07) is 7.66. The number of nitrogens with one attached hydrogen (secondary N) is 1. The molecular weight excluding hydrogens is 620 g/mol. The summed E-state index contributed by atoms with van der Waals surface area (Å²) in [5.74, 6) is 0.823. The van der Waals surface area contributed by atoms with Crippen molar-refractivity contribution in [2.75, 3.05) is 11.5 Å². The van der Waals surface area contributed by atoms with Gasteiger partial charge in [0.25, 0.3) is 0 Å². The Kier molecular flexibility index (Phi) is 8.54. The third kappa shape index (κ3) is 6.45. The molecule has 0 spiro atoms. The molecule has 0 saturated carbocycles. The molecule has 11 nitrogen and oxygen atoms in total. The van der Waals surface area contributed by atoms with Crippen molar-refractivity contribution in [1.82, 2.24) is 29.6 Å². The minimum atomic E-state index is -1.26. The minimum absolute atomic E-state index is 0.0540. The first-order valence-electron chi connectivity index (χ1n) is 16.0. The predicted octanol–water partition coefficient (Wildman–Crippen LogP) is 6.85. The van der Waals surface area contributed by atoms with Crippen LogP contribution in [0.4, 0.5) is 10.6 Å². The lowest BCUT2D eigenvalue weighted by molar-refractivity contribution is 0.0492. The Morgan fingerprint density at radius 2 is 1.89 bits per heavy atom. The smallest absolute Gasteiger partial charge is 0.407 e. The van der Waals surface area contributed by atoms with E-state index in [9.17, 15) is 10.1 Å². The molecule has 0 unspecified atom stereocenters. The number of aryl methyl sites for hydroxylation is 1. The van der Waals surface area contributed by atoms with E-state index in [4.69, 9.17) is 31.0 Å². The molecule has 2 saturated heterocycles. The first kappa shape index (κ1) is 32.3. The molecule has 1 aromatic carbocycles. The van der Waals surface area contributed by atoms with Gasteiger partial charge in [-0.1, -0.05) is 37.3 Å². The highest BCUT2D eigenvalue weighted by molar-refractivity contribution is 6.76. The van der Waals surface area contributed by atoms with Gasteiger partial charge >= 0.3 is 6.09 Å². The zero-order valence-corrected chi connectivity index (χ0v) is 29.5. The van der Waals surface area contributed by atoms with Crippen molar-refractivity contribution in [3.8, 4) is 17.2 Å². The zero-order valence-electron chi connectivity index (χ0n) is 27.7. The normalized spacial score (nSPS) is 20.0. The molecular formula is C33H43ClN8O3Si. The summed E-state index contributed by atoms with van der Waals surface area (Å²) < 4.78 is 15.3. The van der Waals surface area contributed by atoms with Gasteiger partial charge in [-0.2, -0.15) is 10.4 Å². The van der Waals surface area contributed by atoms with E-state index >= 15 is 0 Å². The SMILES string of the molecule is Cn1nc2ccc(-c3cn(COCC[Si](C)(C)C)c4nc(N5[C@@H]6CC[C@H]5C[C@@H](NC(=O)OC(C)(C)C)C6)cnc34)c(Cl)c2c1C#N. The van der Waals surface area contributed by atoms with Crippen LogP contribution in [0.25, 0.3) is 33.2 Å². The highest BCUT2D eigenvalue weighted by Crippen LogP contribution is 2.42. The molecule has 1 amide bonds. The molecule has 0 aliphatic carbocycles. The van der Waals surface area contributed by atoms with Gasteiger partial charge in [0.2, 0.25) is 0 Å². The second kappa shape index (κ2) is 12.2. The molecule has 13 heteroatoms. The van der Waals surface area contributed by atoms with Gasteiger partial charge < -0.3 is 24.3 Å². The van der Waals surface area contributed by atoms with Crippen LogP contribution in [0.2, 0.25) is 30.7 Å². The van der Waals surface area contributed by atoms with Gasteiger partial charge in [0.1, 0.15) is 35.4 Å². The van der Waals surface area contributed by atoms with Crippen LogP contribution in [0, 0.1) is 11.3 Å². The molecule has 4 aromatic rings. The van der Waals surface area contributed by atoms with Gasteiger partial charge in [-0.05, 0) is 58.6 Å². The summed E-state index contributed by atoms with van der Waals surface area (Å²) in [6.45, 7) is 13.7. The number of anilines is 1. The molecule has 1 N–H and O–H groups in total. The maximum atomic E-state index is 12.5. The quantitative estimate of drug-likeness (QED) is 0.161. The number of piperidine rings is 1. The Morgan fingerprint density at radius 1 is 1.17 bits per heavy atom. The lowest BCUT2D eigenvalue weighted by Crippen LogP contribution is -2.51. The number of halogens is 1. The van der Waals surface area contributed by atoms with Crippen LogP contribution in [0.15, 0.2) is 24.5 Å². The molecule has 2 aliphatic heterocycles. The summed E-state index contributed by atoms with van der Waals surface area (Å²) in [7, 11) is 0.485. The number of hydrogen-bond acceptors (Lipinski definition) is 8. The van der Waals surface area contributed by atoms with Crippen molar-refractivity contribution in [1.29, 1.82) is 5.26 Å². The van der Waals surface area contributed by atoms with Crippen molar-refractivity contribution in [3.05, 3.63) is 35.2 Å². The second-order valence-electron chi connectivity index (χ2n) is 14.8. The Balaban J connectivity index is 1.33. The highest BCUT2D eigenvalue weighted by Gasteiger charge is 2.42. The number of carbonyl (C=O) groups is 1. The van der Waals surface area contributed by atoms with E-state index in [2.05, 4.69) is 41.0 Å². The van der Waals surface area contributed by atoms with Gasteiger partial charge in [0, 0.05) is 57.2 Å². The van der Waals surface area contributed by atoms with E-state index in [1.807, 2.05) is 49.9 Å². The number of benzene rings is 1. The number of nitrogens with zero attached hydrogens (tertiary/aromatic N) is 7. The van der Waals surface area contributed by atoms with E-state index in [1.165, 1.54) is 0 Å². The van der Waals surface area contributed by atoms with E-state index < -0.39 is 13.7 Å². The molecule has 3 atom stereocenters. The van der Waals surface area contributed by atoms with Crippen molar-refractivity contribution >= 4 is 53.7 Å². The van der Waals surface area contributed by atoms with Crippen LogP contribution in [-0.2, 0) is 23.3 Å². The number of fused-ring (bicyclic) bond motifs is 4. The van der Waals surface area contributed by atoms with Gasteiger partial charge in [0.05, 0.1) is 22.1 Å². The van der Waals surface area contributed by atoms with E-state index in [0.717, 1.165) is 59.8 Å². The van der Waals surface area contributed by atoms with Crippen molar-refractivity contribution < 1.29 is 14.3 Å². The van der Waals surface area contributed by atoms with E-state index in [1.54, 1.807) is 11.7 Å². The fraction of sp³-hybridized carbons (Fsp3) is 0.545. The largest absolute Gasteiger partial charge is 0.444 e. The Morgan fingerprint density at radius 3 is 2.54 bits per heavy atom. The first-order chi connectivity index (χ1) is 21.7. The average molecular weight is 663 g/mol. The predicted molar refractivity (Wildman–Crippen MR) is 183 cm³/mol. The number of amides is 1. The molecule has 0 radical (unpaired) electrons. The van der Waals surface area contributed by atoms with Crippen molar-refractivity contribution in [2.24, 2.45) is 7.05 Å². The molecule has 3 aromatic heterocycles. The zero-order chi connectivity index (χ0) is 33.0. The minimum Gasteiger partial charge on any atom is -0.444 e. The second-order valence-corrected chi connectivity index (χ2v) is 20.8.